The molecule has 0 bridgehead atoms. The summed E-state index contributed by atoms with van der Waals surface area (Å²) in [4.78, 5) is 0. The summed E-state index contributed by atoms with van der Waals surface area (Å²) in [5.41, 5.74) is 2.64. The minimum atomic E-state index is -3.18. The van der Waals surface area contributed by atoms with Crippen molar-refractivity contribution in [3.8, 4) is 0 Å². The summed E-state index contributed by atoms with van der Waals surface area (Å²) in [7, 11) is -3.18. The third-order valence-electron chi connectivity index (χ3n) is 4.48. The number of hydrogen-bond acceptors (Lipinski definition) is 6. The third kappa shape index (κ3) is 4.31. The van der Waals surface area contributed by atoms with Gasteiger partial charge in [0.15, 0.2) is 0 Å². The van der Waals surface area contributed by atoms with Gasteiger partial charge in [0.1, 0.15) is 10.8 Å². The van der Waals surface area contributed by atoms with Crippen molar-refractivity contribution in [2.24, 2.45) is 0 Å². The number of anilines is 2. The minimum absolute atomic E-state index is 0.205. The van der Waals surface area contributed by atoms with Gasteiger partial charge in [0.05, 0.1) is 11.4 Å². The van der Waals surface area contributed by atoms with Crippen LogP contribution < -0.4 is 9.62 Å². The van der Waals surface area contributed by atoms with Crippen molar-refractivity contribution in [3.05, 3.63) is 70.5 Å². The Hall–Kier alpha value is -2.52. The van der Waals surface area contributed by atoms with E-state index in [2.05, 4.69) is 15.5 Å². The predicted molar refractivity (Wildman–Crippen MR) is 109 cm³/mol. The lowest BCUT2D eigenvalue weighted by atomic mass is 10.2. The molecule has 0 atom stereocenters. The molecule has 0 unspecified atom stereocenters. The Kier molecular flexibility index (Phi) is 5.27. The van der Waals surface area contributed by atoms with Gasteiger partial charge in [0.25, 0.3) is 0 Å². The van der Waals surface area contributed by atoms with Crippen molar-refractivity contribution < 1.29 is 12.8 Å². The lowest BCUT2D eigenvalue weighted by Crippen LogP contribution is -2.25. The topological polar surface area (TPSA) is 75.2 Å². The Labute approximate surface area is 167 Å². The quantitative estimate of drug-likeness (QED) is 0.664. The van der Waals surface area contributed by atoms with E-state index >= 15 is 0 Å². The van der Waals surface area contributed by atoms with Gasteiger partial charge in [-0.15, -0.1) is 10.2 Å². The van der Waals surface area contributed by atoms with Crippen LogP contribution in [0.5, 0.6) is 0 Å². The van der Waals surface area contributed by atoms with Gasteiger partial charge < -0.3 is 5.32 Å². The lowest BCUT2D eigenvalue weighted by molar-refractivity contribution is 0.599. The van der Waals surface area contributed by atoms with Gasteiger partial charge in [-0.3, -0.25) is 4.31 Å². The van der Waals surface area contributed by atoms with E-state index in [0.29, 0.717) is 36.8 Å². The van der Waals surface area contributed by atoms with Gasteiger partial charge in [-0.2, -0.15) is 0 Å². The molecule has 1 aliphatic heterocycles. The molecular formula is C19H19FN4O2S2. The Balaban J connectivity index is 1.39. The van der Waals surface area contributed by atoms with Crippen LogP contribution in [0.3, 0.4) is 0 Å². The molecule has 1 aliphatic rings. The molecule has 0 aliphatic carbocycles. The number of nitrogens with one attached hydrogen (secondary N) is 1. The number of halogens is 1. The van der Waals surface area contributed by atoms with Crippen LogP contribution in [0.25, 0.3) is 0 Å². The molecule has 28 heavy (non-hydrogen) atoms. The minimum Gasteiger partial charge on any atom is -0.356 e. The van der Waals surface area contributed by atoms with Crippen molar-refractivity contribution in [2.45, 2.75) is 19.4 Å². The van der Waals surface area contributed by atoms with E-state index in [-0.39, 0.29) is 11.6 Å². The van der Waals surface area contributed by atoms with Crippen molar-refractivity contribution in [2.75, 3.05) is 21.9 Å². The standard InChI is InChI=1S/C19H19FN4O2S2/c20-16-7-5-14(6-8-16)12-18-22-23-19(27-18)21-13-15-3-1-4-17(11-15)24-9-2-10-28(24,25)26/h1,3-8,11H,2,9-10,12-13H2,(H,21,23). The molecule has 0 spiro atoms. The second-order valence-corrected chi connectivity index (χ2v) is 9.64. The van der Waals surface area contributed by atoms with Crippen LogP contribution in [0.1, 0.15) is 22.6 Å². The maximum absolute atomic E-state index is 13.0. The number of sulfonamides is 1. The molecule has 2 heterocycles. The zero-order chi connectivity index (χ0) is 19.6. The molecule has 1 fully saturated rings. The molecule has 4 rings (SSSR count). The summed E-state index contributed by atoms with van der Waals surface area (Å²) in [5, 5.41) is 13.1. The third-order valence-corrected chi connectivity index (χ3v) is 7.23. The van der Waals surface area contributed by atoms with Gasteiger partial charge in [-0.05, 0) is 41.8 Å². The summed E-state index contributed by atoms with van der Waals surface area (Å²) in [6.45, 7) is 1.05. The van der Waals surface area contributed by atoms with Crippen LogP contribution in [0, 0.1) is 5.82 Å². The molecule has 6 nitrogen and oxygen atoms in total. The SMILES string of the molecule is O=S1(=O)CCCN1c1cccc(CNc2nnc(Cc3ccc(F)cc3)s2)c1. The molecular weight excluding hydrogens is 399 g/mol. The van der Waals surface area contributed by atoms with Crippen molar-refractivity contribution in [1.82, 2.24) is 10.2 Å². The van der Waals surface area contributed by atoms with Gasteiger partial charge in [-0.1, -0.05) is 35.6 Å². The Morgan fingerprint density at radius 1 is 1.11 bits per heavy atom. The van der Waals surface area contributed by atoms with E-state index in [1.807, 2.05) is 24.3 Å². The molecule has 1 saturated heterocycles. The second-order valence-electron chi connectivity index (χ2n) is 6.57. The molecule has 2 aromatic carbocycles. The van der Waals surface area contributed by atoms with E-state index in [1.165, 1.54) is 27.8 Å². The fourth-order valence-corrected chi connectivity index (χ4v) is 5.43. The lowest BCUT2D eigenvalue weighted by Gasteiger charge is -2.17. The fourth-order valence-electron chi connectivity index (χ4n) is 3.10. The van der Waals surface area contributed by atoms with Crippen molar-refractivity contribution >= 4 is 32.2 Å². The maximum Gasteiger partial charge on any atom is 0.235 e. The highest BCUT2D eigenvalue weighted by Gasteiger charge is 2.28. The van der Waals surface area contributed by atoms with Gasteiger partial charge >= 0.3 is 0 Å². The van der Waals surface area contributed by atoms with E-state index in [0.717, 1.165) is 16.1 Å². The van der Waals surface area contributed by atoms with Crippen LogP contribution in [0.2, 0.25) is 0 Å². The van der Waals surface area contributed by atoms with E-state index in [4.69, 9.17) is 0 Å². The summed E-state index contributed by atoms with van der Waals surface area (Å²) < 4.78 is 38.7. The van der Waals surface area contributed by atoms with E-state index < -0.39 is 10.0 Å². The first kappa shape index (κ1) is 18.8. The van der Waals surface area contributed by atoms with E-state index in [9.17, 15) is 12.8 Å². The van der Waals surface area contributed by atoms with Crippen LogP contribution in [0.4, 0.5) is 15.2 Å². The van der Waals surface area contributed by atoms with Crippen LogP contribution in [-0.2, 0) is 23.0 Å². The van der Waals surface area contributed by atoms with Crippen LogP contribution >= 0.6 is 11.3 Å². The first-order chi connectivity index (χ1) is 13.5. The molecule has 146 valence electrons. The monoisotopic (exact) mass is 418 g/mol. The molecule has 3 aromatic rings. The van der Waals surface area contributed by atoms with Crippen molar-refractivity contribution in [1.29, 1.82) is 0 Å². The summed E-state index contributed by atoms with van der Waals surface area (Å²) >= 11 is 1.45. The number of hydrogen-bond donors (Lipinski definition) is 1. The number of nitrogens with zero attached hydrogens (tertiary/aromatic N) is 3. The van der Waals surface area contributed by atoms with E-state index in [1.54, 1.807) is 12.1 Å². The zero-order valence-corrected chi connectivity index (χ0v) is 16.6. The summed E-state index contributed by atoms with van der Waals surface area (Å²) in [6, 6.07) is 13.9. The highest BCUT2D eigenvalue weighted by atomic mass is 32.2. The largest absolute Gasteiger partial charge is 0.356 e. The Morgan fingerprint density at radius 3 is 2.68 bits per heavy atom. The zero-order valence-electron chi connectivity index (χ0n) is 15.0. The maximum atomic E-state index is 13.0. The molecule has 1 N–H and O–H groups in total. The summed E-state index contributed by atoms with van der Waals surface area (Å²) in [5.74, 6) is -0.0517. The highest BCUT2D eigenvalue weighted by Crippen LogP contribution is 2.25. The van der Waals surface area contributed by atoms with Crippen molar-refractivity contribution in [3.63, 3.8) is 0 Å². The Bertz CT molecular complexity index is 1070. The second kappa shape index (κ2) is 7.84. The molecule has 0 radical (unpaired) electrons. The molecule has 9 heteroatoms. The average molecular weight is 419 g/mol. The first-order valence-corrected chi connectivity index (χ1v) is 11.3. The first-order valence-electron chi connectivity index (χ1n) is 8.90. The predicted octanol–water partition coefficient (Wildman–Crippen LogP) is 3.42. The number of rotatable bonds is 6. The van der Waals surface area contributed by atoms with Crippen LogP contribution in [-0.4, -0.2) is 30.9 Å². The van der Waals surface area contributed by atoms with Gasteiger partial charge in [-0.25, -0.2) is 12.8 Å². The average Bonchev–Trinajstić information content (AvgIpc) is 3.27. The van der Waals surface area contributed by atoms with Crippen LogP contribution in [0.15, 0.2) is 48.5 Å². The fraction of sp³-hybridized carbons (Fsp3) is 0.263. The van der Waals surface area contributed by atoms with Gasteiger partial charge in [0, 0.05) is 19.5 Å². The normalized spacial score (nSPS) is 15.7. The number of aromatic nitrogens is 2. The molecule has 1 aromatic heterocycles. The molecule has 0 amide bonds. The summed E-state index contributed by atoms with van der Waals surface area (Å²) in [6.07, 6.45) is 1.26. The Morgan fingerprint density at radius 2 is 1.93 bits per heavy atom. The molecule has 0 saturated carbocycles. The highest BCUT2D eigenvalue weighted by molar-refractivity contribution is 7.93. The van der Waals surface area contributed by atoms with Gasteiger partial charge in [0.2, 0.25) is 15.2 Å². The number of benzene rings is 2. The smallest absolute Gasteiger partial charge is 0.235 e.